The first-order valence-electron chi connectivity index (χ1n) is 9.48. The van der Waals surface area contributed by atoms with E-state index in [0.29, 0.717) is 5.92 Å². The van der Waals surface area contributed by atoms with Crippen LogP contribution in [0.15, 0.2) is 53.3 Å². The number of rotatable bonds is 3. The Morgan fingerprint density at radius 1 is 1.08 bits per heavy atom. The van der Waals surface area contributed by atoms with E-state index < -0.39 is 0 Å². The molecule has 1 aromatic heterocycles. The van der Waals surface area contributed by atoms with Crippen LogP contribution in [0.4, 0.5) is 11.4 Å². The molecule has 2 aromatic carbocycles. The van der Waals surface area contributed by atoms with E-state index >= 15 is 0 Å². The number of nitrogen functional groups attached to an aromatic ring is 1. The number of anilines is 2. The van der Waals surface area contributed by atoms with Gasteiger partial charge >= 0.3 is 0 Å². The van der Waals surface area contributed by atoms with Gasteiger partial charge < -0.3 is 15.2 Å². The average Bonchev–Trinajstić information content (AvgIpc) is 3.39. The van der Waals surface area contributed by atoms with Crippen LogP contribution in [0.1, 0.15) is 42.0 Å². The standard InChI is InChI=1S/C22H23N3O/c23-16-6-3-5-15(13-16)17-7-4-8-18-19(17)9-10-20(18)22-21(14-26-24-22)25-11-1-2-12-25/h3-8,13-14,20H,1-2,9-12,23H2. The molecule has 132 valence electrons. The van der Waals surface area contributed by atoms with Crippen molar-refractivity contribution in [2.75, 3.05) is 23.7 Å². The largest absolute Gasteiger partial charge is 0.399 e. The van der Waals surface area contributed by atoms with Gasteiger partial charge in [-0.3, -0.25) is 0 Å². The quantitative estimate of drug-likeness (QED) is 0.705. The molecule has 5 rings (SSSR count). The summed E-state index contributed by atoms with van der Waals surface area (Å²) in [6, 6.07) is 14.8. The lowest BCUT2D eigenvalue weighted by atomic mass is 9.92. The van der Waals surface area contributed by atoms with E-state index in [1.165, 1.54) is 40.8 Å². The van der Waals surface area contributed by atoms with Crippen molar-refractivity contribution in [2.45, 2.75) is 31.6 Å². The molecule has 1 saturated heterocycles. The molecule has 1 unspecified atom stereocenters. The molecule has 2 aliphatic rings. The molecule has 1 aliphatic heterocycles. The van der Waals surface area contributed by atoms with Crippen LogP contribution in [0.5, 0.6) is 0 Å². The summed E-state index contributed by atoms with van der Waals surface area (Å²) in [7, 11) is 0. The third-order valence-corrected chi connectivity index (χ3v) is 5.82. The van der Waals surface area contributed by atoms with Crippen LogP contribution < -0.4 is 10.6 Å². The first kappa shape index (κ1) is 15.5. The highest BCUT2D eigenvalue weighted by atomic mass is 16.5. The Balaban J connectivity index is 1.56. The maximum Gasteiger partial charge on any atom is 0.147 e. The Bertz CT molecular complexity index is 940. The molecule has 0 radical (unpaired) electrons. The number of fused-ring (bicyclic) bond motifs is 1. The van der Waals surface area contributed by atoms with Crippen molar-refractivity contribution in [3.05, 3.63) is 65.5 Å². The zero-order chi connectivity index (χ0) is 17.5. The van der Waals surface area contributed by atoms with Crippen molar-refractivity contribution in [2.24, 2.45) is 0 Å². The van der Waals surface area contributed by atoms with E-state index in [1.54, 1.807) is 0 Å². The summed E-state index contributed by atoms with van der Waals surface area (Å²) < 4.78 is 5.41. The van der Waals surface area contributed by atoms with Gasteiger partial charge in [0.25, 0.3) is 0 Å². The molecule has 1 fully saturated rings. The maximum atomic E-state index is 6.01. The zero-order valence-corrected chi connectivity index (χ0v) is 14.8. The number of hydrogen-bond acceptors (Lipinski definition) is 4. The second kappa shape index (κ2) is 6.20. The van der Waals surface area contributed by atoms with Gasteiger partial charge in [0.15, 0.2) is 0 Å². The molecule has 0 amide bonds. The third kappa shape index (κ3) is 2.48. The monoisotopic (exact) mass is 345 g/mol. The highest BCUT2D eigenvalue weighted by Crippen LogP contribution is 2.44. The lowest BCUT2D eigenvalue weighted by Gasteiger charge is -2.19. The smallest absolute Gasteiger partial charge is 0.147 e. The van der Waals surface area contributed by atoms with Gasteiger partial charge in [-0.25, -0.2) is 0 Å². The molecule has 4 nitrogen and oxygen atoms in total. The van der Waals surface area contributed by atoms with Crippen molar-refractivity contribution in [1.29, 1.82) is 0 Å². The SMILES string of the molecule is Nc1cccc(-c2cccc3c2CCC3c2nocc2N2CCCC2)c1. The summed E-state index contributed by atoms with van der Waals surface area (Å²) in [6.45, 7) is 2.22. The lowest BCUT2D eigenvalue weighted by molar-refractivity contribution is 0.408. The summed E-state index contributed by atoms with van der Waals surface area (Å²) in [5, 5.41) is 4.42. The van der Waals surface area contributed by atoms with Crippen LogP contribution in [0.2, 0.25) is 0 Å². The Morgan fingerprint density at radius 3 is 2.77 bits per heavy atom. The van der Waals surface area contributed by atoms with Crippen LogP contribution in [0, 0.1) is 0 Å². The number of nitrogens with zero attached hydrogens (tertiary/aromatic N) is 2. The summed E-state index contributed by atoms with van der Waals surface area (Å²) in [6.07, 6.45) is 6.50. The van der Waals surface area contributed by atoms with Gasteiger partial charge in [0, 0.05) is 24.7 Å². The predicted octanol–water partition coefficient (Wildman–Crippen LogP) is 4.60. The maximum absolute atomic E-state index is 6.01. The van der Waals surface area contributed by atoms with Crippen LogP contribution in [0.3, 0.4) is 0 Å². The first-order valence-corrected chi connectivity index (χ1v) is 9.48. The second-order valence-corrected chi connectivity index (χ2v) is 7.37. The summed E-state index contributed by atoms with van der Waals surface area (Å²) in [5.41, 5.74) is 14.4. The average molecular weight is 345 g/mol. The van der Waals surface area contributed by atoms with E-state index in [1.807, 2.05) is 18.4 Å². The number of benzene rings is 2. The number of hydrogen-bond donors (Lipinski definition) is 1. The van der Waals surface area contributed by atoms with E-state index in [9.17, 15) is 0 Å². The molecule has 0 saturated carbocycles. The molecule has 4 heteroatoms. The molecular formula is C22H23N3O. The minimum atomic E-state index is 0.320. The van der Waals surface area contributed by atoms with E-state index in [4.69, 9.17) is 10.3 Å². The first-order chi connectivity index (χ1) is 12.8. The van der Waals surface area contributed by atoms with Crippen molar-refractivity contribution < 1.29 is 4.52 Å². The fourth-order valence-corrected chi connectivity index (χ4v) is 4.59. The second-order valence-electron chi connectivity index (χ2n) is 7.37. The van der Waals surface area contributed by atoms with Gasteiger partial charge in [0.1, 0.15) is 17.6 Å². The molecule has 3 aromatic rings. The Labute approximate surface area is 153 Å². The van der Waals surface area contributed by atoms with Crippen molar-refractivity contribution in [3.8, 4) is 11.1 Å². The minimum Gasteiger partial charge on any atom is -0.399 e. The summed E-state index contributed by atoms with van der Waals surface area (Å²) in [5.74, 6) is 0.320. The molecule has 0 bridgehead atoms. The highest BCUT2D eigenvalue weighted by Gasteiger charge is 2.32. The van der Waals surface area contributed by atoms with E-state index in [2.05, 4.69) is 40.4 Å². The number of aromatic nitrogens is 1. The third-order valence-electron chi connectivity index (χ3n) is 5.82. The Morgan fingerprint density at radius 2 is 1.92 bits per heavy atom. The minimum absolute atomic E-state index is 0.320. The fourth-order valence-electron chi connectivity index (χ4n) is 4.59. The lowest BCUT2D eigenvalue weighted by Crippen LogP contribution is -2.19. The van der Waals surface area contributed by atoms with Crippen molar-refractivity contribution in [3.63, 3.8) is 0 Å². The molecule has 0 spiro atoms. The van der Waals surface area contributed by atoms with Gasteiger partial charge in [-0.15, -0.1) is 0 Å². The van der Waals surface area contributed by atoms with Gasteiger partial charge in [-0.05, 0) is 60.1 Å². The van der Waals surface area contributed by atoms with Crippen LogP contribution in [-0.2, 0) is 6.42 Å². The van der Waals surface area contributed by atoms with Gasteiger partial charge in [-0.1, -0.05) is 35.5 Å². The molecule has 2 heterocycles. The predicted molar refractivity (Wildman–Crippen MR) is 104 cm³/mol. The van der Waals surface area contributed by atoms with Gasteiger partial charge in [-0.2, -0.15) is 0 Å². The Hall–Kier alpha value is -2.75. The molecule has 1 aliphatic carbocycles. The van der Waals surface area contributed by atoms with Crippen LogP contribution >= 0.6 is 0 Å². The zero-order valence-electron chi connectivity index (χ0n) is 14.8. The normalized spacial score (nSPS) is 19.1. The van der Waals surface area contributed by atoms with Gasteiger partial charge in [0.2, 0.25) is 0 Å². The molecule has 1 atom stereocenters. The summed E-state index contributed by atoms with van der Waals surface area (Å²) in [4.78, 5) is 2.42. The Kier molecular flexibility index (Phi) is 3.70. The van der Waals surface area contributed by atoms with E-state index in [0.717, 1.165) is 37.3 Å². The molecular weight excluding hydrogens is 322 g/mol. The van der Waals surface area contributed by atoms with E-state index in [-0.39, 0.29) is 0 Å². The summed E-state index contributed by atoms with van der Waals surface area (Å²) >= 11 is 0. The fraction of sp³-hybridized carbons (Fsp3) is 0.318. The number of nitrogens with two attached hydrogens (primary N) is 1. The topological polar surface area (TPSA) is 55.3 Å². The highest BCUT2D eigenvalue weighted by molar-refractivity contribution is 5.73. The van der Waals surface area contributed by atoms with Crippen molar-refractivity contribution in [1.82, 2.24) is 5.16 Å². The van der Waals surface area contributed by atoms with Crippen molar-refractivity contribution >= 4 is 11.4 Å². The van der Waals surface area contributed by atoms with Crippen LogP contribution in [0.25, 0.3) is 11.1 Å². The molecule has 2 N–H and O–H groups in total. The van der Waals surface area contributed by atoms with Crippen LogP contribution in [-0.4, -0.2) is 18.2 Å². The molecule has 26 heavy (non-hydrogen) atoms. The van der Waals surface area contributed by atoms with Gasteiger partial charge in [0.05, 0.1) is 0 Å².